The summed E-state index contributed by atoms with van der Waals surface area (Å²) in [6.45, 7) is 0.154. The van der Waals surface area contributed by atoms with Gasteiger partial charge in [0.1, 0.15) is 5.54 Å². The smallest absolute Gasteiger partial charge is 0.327 e. The van der Waals surface area contributed by atoms with Gasteiger partial charge in [-0.05, 0) is 28.8 Å². The van der Waals surface area contributed by atoms with Crippen LogP contribution in [-0.4, -0.2) is 35.3 Å². The Morgan fingerprint density at radius 2 is 1.51 bits per heavy atom. The molecule has 1 N–H and O–H groups in total. The van der Waals surface area contributed by atoms with Crippen LogP contribution in [0.1, 0.15) is 22.7 Å². The standard InChI is InChI=1S/C28H25ClN2O4/c1-35-27(34)28(16-18-8-4-2-5-9-18)23-22(24(30-28)20-12-14-21(29)15-13-20)25(32)31(26(23)33)17-19-10-6-3-7-11-19/h2-15,22-24,30H,16-17H2,1H3/t22-,23-,24+,28-/m1/s1. The third-order valence-corrected chi connectivity index (χ3v) is 7.29. The van der Waals surface area contributed by atoms with E-state index in [2.05, 4.69) is 5.32 Å². The average Bonchev–Trinajstić information content (AvgIpc) is 3.35. The molecule has 4 atom stereocenters. The summed E-state index contributed by atoms with van der Waals surface area (Å²) < 4.78 is 5.25. The van der Waals surface area contributed by atoms with E-state index in [1.165, 1.54) is 12.0 Å². The number of benzene rings is 3. The first-order chi connectivity index (χ1) is 16.9. The highest BCUT2D eigenvalue weighted by Gasteiger charge is 2.68. The van der Waals surface area contributed by atoms with Crippen LogP contribution in [0.25, 0.3) is 0 Å². The number of hydrogen-bond donors (Lipinski definition) is 1. The van der Waals surface area contributed by atoms with E-state index in [1.807, 2.05) is 72.8 Å². The molecule has 2 aliphatic heterocycles. The van der Waals surface area contributed by atoms with E-state index in [9.17, 15) is 14.4 Å². The number of esters is 1. The van der Waals surface area contributed by atoms with E-state index < -0.39 is 29.4 Å². The van der Waals surface area contributed by atoms with E-state index in [0.29, 0.717) is 5.02 Å². The Balaban J connectivity index is 1.62. The van der Waals surface area contributed by atoms with Crippen molar-refractivity contribution in [2.24, 2.45) is 11.8 Å². The molecule has 5 rings (SSSR count). The van der Waals surface area contributed by atoms with Crippen molar-refractivity contribution in [2.45, 2.75) is 24.5 Å². The van der Waals surface area contributed by atoms with E-state index in [1.54, 1.807) is 12.1 Å². The number of nitrogens with one attached hydrogen (secondary N) is 1. The quantitative estimate of drug-likeness (QED) is 0.420. The molecule has 0 radical (unpaired) electrons. The largest absolute Gasteiger partial charge is 0.468 e. The molecule has 2 fully saturated rings. The van der Waals surface area contributed by atoms with Gasteiger partial charge in [0, 0.05) is 17.5 Å². The average molecular weight is 489 g/mol. The molecule has 35 heavy (non-hydrogen) atoms. The lowest BCUT2D eigenvalue weighted by Gasteiger charge is -2.32. The van der Waals surface area contributed by atoms with Crippen LogP contribution in [0.5, 0.6) is 0 Å². The molecule has 2 amide bonds. The Bertz CT molecular complexity index is 1250. The molecule has 6 nitrogen and oxygen atoms in total. The molecule has 0 spiro atoms. The minimum Gasteiger partial charge on any atom is -0.468 e. The van der Waals surface area contributed by atoms with Crippen molar-refractivity contribution in [3.05, 3.63) is 107 Å². The zero-order valence-corrected chi connectivity index (χ0v) is 19.9. The lowest BCUT2D eigenvalue weighted by atomic mass is 9.76. The van der Waals surface area contributed by atoms with Gasteiger partial charge in [0.2, 0.25) is 11.8 Å². The molecular weight excluding hydrogens is 464 g/mol. The highest BCUT2D eigenvalue weighted by atomic mass is 35.5. The van der Waals surface area contributed by atoms with Crippen molar-refractivity contribution < 1.29 is 19.1 Å². The predicted molar refractivity (Wildman–Crippen MR) is 131 cm³/mol. The lowest BCUT2D eigenvalue weighted by molar-refractivity contribution is -0.154. The van der Waals surface area contributed by atoms with Crippen molar-refractivity contribution in [3.63, 3.8) is 0 Å². The fourth-order valence-electron chi connectivity index (χ4n) is 5.46. The van der Waals surface area contributed by atoms with Gasteiger partial charge in [0.15, 0.2) is 0 Å². The van der Waals surface area contributed by atoms with Crippen molar-refractivity contribution in [1.29, 1.82) is 0 Å². The zero-order chi connectivity index (χ0) is 24.6. The Morgan fingerprint density at radius 3 is 2.11 bits per heavy atom. The molecule has 2 aliphatic rings. The molecule has 3 aromatic rings. The van der Waals surface area contributed by atoms with E-state index in [0.717, 1.165) is 16.7 Å². The summed E-state index contributed by atoms with van der Waals surface area (Å²) in [4.78, 5) is 42.4. The second-order valence-electron chi connectivity index (χ2n) is 9.05. The molecule has 0 saturated carbocycles. The summed E-state index contributed by atoms with van der Waals surface area (Å²) in [5.74, 6) is -2.89. The van der Waals surface area contributed by atoms with Gasteiger partial charge in [0.25, 0.3) is 0 Å². The number of likely N-dealkylation sites (tertiary alicyclic amines) is 1. The first kappa shape index (κ1) is 23.3. The first-order valence-electron chi connectivity index (χ1n) is 11.5. The molecule has 0 unspecified atom stereocenters. The number of imide groups is 1. The number of carbonyl (C=O) groups excluding carboxylic acids is 3. The maximum atomic E-state index is 13.9. The maximum Gasteiger partial charge on any atom is 0.327 e. The Kier molecular flexibility index (Phi) is 6.17. The minimum atomic E-state index is -1.40. The number of ether oxygens (including phenoxy) is 1. The lowest BCUT2D eigenvalue weighted by Crippen LogP contribution is -2.57. The third kappa shape index (κ3) is 4.03. The van der Waals surface area contributed by atoms with Crippen molar-refractivity contribution in [1.82, 2.24) is 10.2 Å². The summed E-state index contributed by atoms with van der Waals surface area (Å²) in [7, 11) is 1.31. The van der Waals surface area contributed by atoms with Crippen molar-refractivity contribution >= 4 is 29.4 Å². The van der Waals surface area contributed by atoms with Crippen LogP contribution in [0.2, 0.25) is 5.02 Å². The normalized spacial score (nSPS) is 25.5. The van der Waals surface area contributed by atoms with Gasteiger partial charge in [0.05, 0.1) is 25.5 Å². The highest BCUT2D eigenvalue weighted by Crippen LogP contribution is 2.50. The van der Waals surface area contributed by atoms with Gasteiger partial charge >= 0.3 is 5.97 Å². The zero-order valence-electron chi connectivity index (χ0n) is 19.2. The van der Waals surface area contributed by atoms with Crippen LogP contribution >= 0.6 is 11.6 Å². The highest BCUT2D eigenvalue weighted by molar-refractivity contribution is 6.30. The van der Waals surface area contributed by atoms with Crippen LogP contribution < -0.4 is 5.32 Å². The number of fused-ring (bicyclic) bond motifs is 1. The fourth-order valence-corrected chi connectivity index (χ4v) is 5.59. The summed E-state index contributed by atoms with van der Waals surface area (Å²) in [6.07, 6.45) is 0.212. The van der Waals surface area contributed by atoms with Crippen LogP contribution in [0.3, 0.4) is 0 Å². The summed E-state index contributed by atoms with van der Waals surface area (Å²) in [5, 5.41) is 3.96. The van der Waals surface area contributed by atoms with Crippen LogP contribution in [0, 0.1) is 11.8 Å². The summed E-state index contributed by atoms with van der Waals surface area (Å²) in [6, 6.07) is 25.4. The van der Waals surface area contributed by atoms with E-state index >= 15 is 0 Å². The molecule has 0 bridgehead atoms. The van der Waals surface area contributed by atoms with Gasteiger partial charge in [-0.3, -0.25) is 24.6 Å². The van der Waals surface area contributed by atoms with Crippen LogP contribution in [-0.2, 0) is 32.1 Å². The topological polar surface area (TPSA) is 75.7 Å². The van der Waals surface area contributed by atoms with Gasteiger partial charge in [-0.15, -0.1) is 0 Å². The monoisotopic (exact) mass is 488 g/mol. The molecule has 178 valence electrons. The van der Waals surface area contributed by atoms with Crippen molar-refractivity contribution in [2.75, 3.05) is 7.11 Å². The Labute approximate surface area is 208 Å². The number of carbonyl (C=O) groups is 3. The number of hydrogen-bond acceptors (Lipinski definition) is 5. The molecule has 2 saturated heterocycles. The Morgan fingerprint density at radius 1 is 0.914 bits per heavy atom. The Hall–Kier alpha value is -3.48. The first-order valence-corrected chi connectivity index (χ1v) is 11.9. The van der Waals surface area contributed by atoms with E-state index in [4.69, 9.17) is 16.3 Å². The van der Waals surface area contributed by atoms with Crippen molar-refractivity contribution in [3.8, 4) is 0 Å². The maximum absolute atomic E-state index is 13.9. The number of rotatable bonds is 6. The molecule has 3 aromatic carbocycles. The second-order valence-corrected chi connectivity index (χ2v) is 9.49. The number of amides is 2. The minimum absolute atomic E-state index is 0.154. The van der Waals surface area contributed by atoms with E-state index in [-0.39, 0.29) is 24.8 Å². The predicted octanol–water partition coefficient (Wildman–Crippen LogP) is 3.94. The molecule has 2 heterocycles. The SMILES string of the molecule is COC(=O)[C@]1(Cc2ccccc2)N[C@@H](c2ccc(Cl)cc2)[C@@H]2C(=O)N(Cc3ccccc3)C(=O)[C@@H]21. The second kappa shape index (κ2) is 9.29. The number of methoxy groups -OCH3 is 1. The number of halogens is 1. The van der Waals surface area contributed by atoms with Gasteiger partial charge in [-0.1, -0.05) is 84.4 Å². The molecule has 7 heteroatoms. The van der Waals surface area contributed by atoms with Gasteiger partial charge in [-0.25, -0.2) is 0 Å². The summed E-state index contributed by atoms with van der Waals surface area (Å²) in [5.41, 5.74) is 1.09. The molecule has 0 aliphatic carbocycles. The van der Waals surface area contributed by atoms with Gasteiger partial charge < -0.3 is 4.74 Å². The molecular formula is C28H25ClN2O4. The third-order valence-electron chi connectivity index (χ3n) is 7.03. The van der Waals surface area contributed by atoms with Crippen LogP contribution in [0.4, 0.5) is 0 Å². The van der Waals surface area contributed by atoms with Crippen LogP contribution in [0.15, 0.2) is 84.9 Å². The number of nitrogens with zero attached hydrogens (tertiary/aromatic N) is 1. The molecule has 0 aromatic heterocycles. The van der Waals surface area contributed by atoms with Gasteiger partial charge in [-0.2, -0.15) is 0 Å². The summed E-state index contributed by atoms with van der Waals surface area (Å²) >= 11 is 6.11. The fraction of sp³-hybridized carbons (Fsp3) is 0.250.